The zero-order chi connectivity index (χ0) is 16.0. The molecule has 0 bridgehead atoms. The molecule has 3 heteroatoms. The van der Waals surface area contributed by atoms with Crippen LogP contribution < -0.4 is 0 Å². The fourth-order valence-electron chi connectivity index (χ4n) is 2.17. The molecule has 0 unspecified atom stereocenters. The molecule has 122 valence electrons. The first-order valence-corrected chi connectivity index (χ1v) is 9.31. The highest BCUT2D eigenvalue weighted by Crippen LogP contribution is 2.20. The molecule has 0 aliphatic carbocycles. The molecule has 0 aliphatic rings. The van der Waals surface area contributed by atoms with Gasteiger partial charge in [0.1, 0.15) is 0 Å². The summed E-state index contributed by atoms with van der Waals surface area (Å²) in [6, 6.07) is 10.4. The van der Waals surface area contributed by atoms with Crippen LogP contribution in [0.15, 0.2) is 42.5 Å². The van der Waals surface area contributed by atoms with Crippen molar-refractivity contribution in [2.24, 2.45) is 0 Å². The minimum Gasteiger partial charge on any atom is -0.463 e. The van der Waals surface area contributed by atoms with Gasteiger partial charge < -0.3 is 4.74 Å². The van der Waals surface area contributed by atoms with Crippen LogP contribution in [0.3, 0.4) is 0 Å². The van der Waals surface area contributed by atoms with E-state index >= 15 is 0 Å². The summed E-state index contributed by atoms with van der Waals surface area (Å²) >= 11 is 1.93. The average Bonchev–Trinajstić information content (AvgIpc) is 2.53. The smallest absolute Gasteiger partial charge is 0.330 e. The van der Waals surface area contributed by atoms with E-state index in [0.29, 0.717) is 11.9 Å². The highest BCUT2D eigenvalue weighted by atomic mass is 32.2. The Kier molecular flexibility index (Phi) is 10.6. The van der Waals surface area contributed by atoms with Gasteiger partial charge in [-0.25, -0.2) is 4.79 Å². The van der Waals surface area contributed by atoms with Gasteiger partial charge in [-0.05, 0) is 31.1 Å². The summed E-state index contributed by atoms with van der Waals surface area (Å²) in [5, 5.41) is 0.327. The second-order valence-electron chi connectivity index (χ2n) is 5.27. The molecule has 2 nitrogen and oxygen atoms in total. The number of hydrogen-bond donors (Lipinski definition) is 0. The number of ether oxygens (including phenoxy) is 1. The number of hydrogen-bond acceptors (Lipinski definition) is 3. The van der Waals surface area contributed by atoms with Crippen molar-refractivity contribution in [2.75, 3.05) is 12.4 Å². The Labute approximate surface area is 139 Å². The summed E-state index contributed by atoms with van der Waals surface area (Å²) in [5.41, 5.74) is 1.31. The zero-order valence-electron chi connectivity index (χ0n) is 13.8. The van der Waals surface area contributed by atoms with Crippen LogP contribution in [0.2, 0.25) is 0 Å². The molecule has 0 amide bonds. The van der Waals surface area contributed by atoms with E-state index in [1.807, 2.05) is 30.8 Å². The lowest BCUT2D eigenvalue weighted by molar-refractivity contribution is -0.137. The van der Waals surface area contributed by atoms with Crippen LogP contribution in [0, 0.1) is 0 Å². The summed E-state index contributed by atoms with van der Waals surface area (Å²) < 4.78 is 4.97. The Morgan fingerprint density at radius 3 is 2.64 bits per heavy atom. The number of carbonyl (C=O) groups excluding carboxylic acids is 1. The predicted molar refractivity (Wildman–Crippen MR) is 96.3 cm³/mol. The molecular formula is C19H28O2S. The van der Waals surface area contributed by atoms with Gasteiger partial charge in [0, 0.05) is 11.3 Å². The molecule has 1 atom stereocenters. The van der Waals surface area contributed by atoms with Crippen LogP contribution in [0.5, 0.6) is 0 Å². The third-order valence-corrected chi connectivity index (χ3v) is 4.62. The fraction of sp³-hybridized carbons (Fsp3) is 0.526. The van der Waals surface area contributed by atoms with Crippen molar-refractivity contribution in [3.05, 3.63) is 48.0 Å². The third kappa shape index (κ3) is 8.93. The first-order valence-electron chi connectivity index (χ1n) is 8.26. The highest BCUT2D eigenvalue weighted by molar-refractivity contribution is 8.00. The van der Waals surface area contributed by atoms with Gasteiger partial charge in [-0.2, -0.15) is 11.8 Å². The SMILES string of the molecule is CCCCCCS[C@H](/C=C/C(=O)OCC)Cc1ccccc1. The first kappa shape index (κ1) is 18.8. The molecule has 0 fully saturated rings. The number of carbonyl (C=O) groups is 1. The van der Waals surface area contributed by atoms with Crippen LogP contribution >= 0.6 is 11.8 Å². The lowest BCUT2D eigenvalue weighted by atomic mass is 10.1. The summed E-state index contributed by atoms with van der Waals surface area (Å²) in [6.07, 6.45) is 9.64. The van der Waals surface area contributed by atoms with Crippen LogP contribution in [0.4, 0.5) is 0 Å². The van der Waals surface area contributed by atoms with E-state index in [0.717, 1.165) is 12.2 Å². The maximum Gasteiger partial charge on any atom is 0.330 e. The minimum atomic E-state index is -0.243. The van der Waals surface area contributed by atoms with Crippen molar-refractivity contribution < 1.29 is 9.53 Å². The number of esters is 1. The van der Waals surface area contributed by atoms with E-state index in [2.05, 4.69) is 31.2 Å². The zero-order valence-corrected chi connectivity index (χ0v) is 14.6. The molecular weight excluding hydrogens is 292 g/mol. The lowest BCUT2D eigenvalue weighted by Gasteiger charge is -2.13. The van der Waals surface area contributed by atoms with Crippen molar-refractivity contribution in [1.29, 1.82) is 0 Å². The van der Waals surface area contributed by atoms with E-state index in [1.165, 1.54) is 31.2 Å². The summed E-state index contributed by atoms with van der Waals surface area (Å²) in [4.78, 5) is 11.5. The van der Waals surface area contributed by atoms with E-state index in [1.54, 1.807) is 6.08 Å². The number of benzene rings is 1. The van der Waals surface area contributed by atoms with Gasteiger partial charge in [0.05, 0.1) is 6.61 Å². The van der Waals surface area contributed by atoms with E-state index < -0.39 is 0 Å². The third-order valence-electron chi connectivity index (χ3n) is 3.34. The minimum absolute atomic E-state index is 0.243. The van der Waals surface area contributed by atoms with Gasteiger partial charge in [-0.3, -0.25) is 0 Å². The van der Waals surface area contributed by atoms with Crippen molar-refractivity contribution in [1.82, 2.24) is 0 Å². The monoisotopic (exact) mass is 320 g/mol. The fourth-order valence-corrected chi connectivity index (χ4v) is 3.34. The van der Waals surface area contributed by atoms with Crippen LogP contribution in [0.25, 0.3) is 0 Å². The largest absolute Gasteiger partial charge is 0.463 e. The molecule has 0 aromatic heterocycles. The number of rotatable bonds is 11. The average molecular weight is 320 g/mol. The highest BCUT2D eigenvalue weighted by Gasteiger charge is 2.08. The summed E-state index contributed by atoms with van der Waals surface area (Å²) in [5.74, 6) is 0.900. The molecule has 0 spiro atoms. The van der Waals surface area contributed by atoms with Crippen LogP contribution in [-0.2, 0) is 16.0 Å². The van der Waals surface area contributed by atoms with E-state index in [-0.39, 0.29) is 5.97 Å². The van der Waals surface area contributed by atoms with Gasteiger partial charge in [-0.1, -0.05) is 62.6 Å². The predicted octanol–water partition coefficient (Wildman–Crippen LogP) is 5.03. The van der Waals surface area contributed by atoms with Crippen molar-refractivity contribution >= 4 is 17.7 Å². The van der Waals surface area contributed by atoms with E-state index in [4.69, 9.17) is 4.74 Å². The molecule has 0 saturated carbocycles. The lowest BCUT2D eigenvalue weighted by Crippen LogP contribution is -2.07. The molecule has 22 heavy (non-hydrogen) atoms. The number of unbranched alkanes of at least 4 members (excludes halogenated alkanes) is 3. The molecule has 0 radical (unpaired) electrons. The van der Waals surface area contributed by atoms with Crippen molar-refractivity contribution in [3.63, 3.8) is 0 Å². The Morgan fingerprint density at radius 2 is 1.95 bits per heavy atom. The van der Waals surface area contributed by atoms with Gasteiger partial charge in [0.2, 0.25) is 0 Å². The molecule has 0 aliphatic heterocycles. The Hall–Kier alpha value is -1.22. The summed E-state index contributed by atoms with van der Waals surface area (Å²) in [7, 11) is 0. The Balaban J connectivity index is 2.50. The standard InChI is InChI=1S/C19H28O2S/c1-3-5-6-10-15-22-18(13-14-19(20)21-4-2)16-17-11-8-7-9-12-17/h7-9,11-14,18H,3-6,10,15-16H2,1-2H3/b14-13+/t18-/m1/s1. The molecule has 0 N–H and O–H groups in total. The topological polar surface area (TPSA) is 26.3 Å². The van der Waals surface area contributed by atoms with Gasteiger partial charge in [0.15, 0.2) is 0 Å². The van der Waals surface area contributed by atoms with Crippen LogP contribution in [-0.4, -0.2) is 23.6 Å². The summed E-state index contributed by atoms with van der Waals surface area (Å²) in [6.45, 7) is 4.49. The maximum atomic E-state index is 11.5. The Morgan fingerprint density at radius 1 is 1.18 bits per heavy atom. The quantitative estimate of drug-likeness (QED) is 0.325. The van der Waals surface area contributed by atoms with Gasteiger partial charge in [0.25, 0.3) is 0 Å². The maximum absolute atomic E-state index is 11.5. The first-order chi connectivity index (χ1) is 10.8. The number of thioether (sulfide) groups is 1. The van der Waals surface area contributed by atoms with Gasteiger partial charge in [-0.15, -0.1) is 0 Å². The molecule has 1 rings (SSSR count). The molecule has 1 aromatic rings. The van der Waals surface area contributed by atoms with E-state index in [9.17, 15) is 4.79 Å². The Bertz CT molecular complexity index is 428. The van der Waals surface area contributed by atoms with Crippen molar-refractivity contribution in [2.45, 2.75) is 51.2 Å². The molecule has 1 aromatic carbocycles. The molecule has 0 saturated heterocycles. The van der Waals surface area contributed by atoms with Crippen molar-refractivity contribution in [3.8, 4) is 0 Å². The van der Waals surface area contributed by atoms with Gasteiger partial charge >= 0.3 is 5.97 Å². The normalized spacial score (nSPS) is 12.5. The second kappa shape index (κ2) is 12.3. The van der Waals surface area contributed by atoms with Crippen LogP contribution in [0.1, 0.15) is 45.1 Å². The molecule has 0 heterocycles. The second-order valence-corrected chi connectivity index (χ2v) is 6.62.